The van der Waals surface area contributed by atoms with E-state index in [4.69, 9.17) is 0 Å². The summed E-state index contributed by atoms with van der Waals surface area (Å²) >= 11 is 0. The third-order valence-corrected chi connectivity index (χ3v) is 2.49. The Morgan fingerprint density at radius 3 is 2.35 bits per heavy atom. The molecular weight excluding hydrogens is 275 g/mol. The first-order chi connectivity index (χ1) is 9.20. The van der Waals surface area contributed by atoms with Crippen LogP contribution in [0.15, 0.2) is 24.3 Å². The van der Waals surface area contributed by atoms with Crippen LogP contribution in [-0.2, 0) is 4.79 Å². The molecule has 0 fully saturated rings. The first kappa shape index (κ1) is 16.3. The van der Waals surface area contributed by atoms with Crippen molar-refractivity contribution in [2.75, 3.05) is 6.54 Å². The Hall–Kier alpha value is -1.76. The zero-order valence-corrected chi connectivity index (χ0v) is 11.1. The molecule has 1 amide bonds. The van der Waals surface area contributed by atoms with Crippen molar-refractivity contribution < 1.29 is 27.8 Å². The average molecular weight is 291 g/mol. The van der Waals surface area contributed by atoms with Crippen molar-refractivity contribution in [3.05, 3.63) is 29.8 Å². The molecule has 1 aromatic rings. The van der Waals surface area contributed by atoms with Crippen LogP contribution in [0.25, 0.3) is 0 Å². The van der Waals surface area contributed by atoms with Crippen LogP contribution >= 0.6 is 0 Å². The van der Waals surface area contributed by atoms with E-state index in [9.17, 15) is 23.1 Å². The predicted molar refractivity (Wildman–Crippen MR) is 66.2 cm³/mol. The molecule has 0 saturated heterocycles. The molecule has 112 valence electrons. The van der Waals surface area contributed by atoms with Crippen LogP contribution in [0.5, 0.6) is 5.75 Å². The maximum atomic E-state index is 13.2. The quantitative estimate of drug-likeness (QED) is 0.844. The monoisotopic (exact) mass is 291 g/mol. The van der Waals surface area contributed by atoms with Crippen molar-refractivity contribution in [3.8, 4) is 5.75 Å². The Bertz CT molecular complexity index is 443. The minimum Gasteiger partial charge on any atom is -0.435 e. The smallest absolute Gasteiger partial charge is 0.387 e. The van der Waals surface area contributed by atoms with E-state index in [1.54, 1.807) is 0 Å². The van der Waals surface area contributed by atoms with Gasteiger partial charge in [0.15, 0.2) is 5.67 Å². The van der Waals surface area contributed by atoms with Gasteiger partial charge < -0.3 is 15.2 Å². The zero-order chi connectivity index (χ0) is 15.3. The Kier molecular flexibility index (Phi) is 5.38. The van der Waals surface area contributed by atoms with Crippen LogP contribution in [0.2, 0.25) is 0 Å². The highest BCUT2D eigenvalue weighted by Crippen LogP contribution is 2.19. The van der Waals surface area contributed by atoms with Crippen molar-refractivity contribution in [1.82, 2.24) is 5.32 Å². The molecule has 0 aliphatic rings. The van der Waals surface area contributed by atoms with E-state index >= 15 is 0 Å². The summed E-state index contributed by atoms with van der Waals surface area (Å²) in [5.41, 5.74) is -1.64. The predicted octanol–water partition coefficient (Wildman–Crippen LogP) is 2.19. The molecule has 0 radical (unpaired) electrons. The number of halogens is 3. The summed E-state index contributed by atoms with van der Waals surface area (Å²) < 4.78 is 41.3. The minimum atomic E-state index is -2.92. The molecule has 0 aromatic heterocycles. The maximum Gasteiger partial charge on any atom is 0.387 e. The zero-order valence-electron chi connectivity index (χ0n) is 11.1. The van der Waals surface area contributed by atoms with Gasteiger partial charge in [-0.15, -0.1) is 0 Å². The Morgan fingerprint density at radius 1 is 1.35 bits per heavy atom. The van der Waals surface area contributed by atoms with Gasteiger partial charge in [-0.3, -0.25) is 4.79 Å². The molecule has 0 heterocycles. The highest BCUT2D eigenvalue weighted by molar-refractivity contribution is 5.84. The molecule has 1 atom stereocenters. The lowest BCUT2D eigenvalue weighted by atomic mass is 10.1. The van der Waals surface area contributed by atoms with Crippen LogP contribution in [0, 0.1) is 0 Å². The van der Waals surface area contributed by atoms with Gasteiger partial charge in [-0.2, -0.15) is 8.78 Å². The molecule has 2 N–H and O–H groups in total. The topological polar surface area (TPSA) is 58.6 Å². The second-order valence-corrected chi connectivity index (χ2v) is 4.65. The minimum absolute atomic E-state index is 0.0372. The van der Waals surface area contributed by atoms with Crippen molar-refractivity contribution in [1.29, 1.82) is 0 Å². The number of amides is 1. The fourth-order valence-electron chi connectivity index (χ4n) is 1.39. The van der Waals surface area contributed by atoms with E-state index in [-0.39, 0.29) is 12.3 Å². The molecule has 4 nitrogen and oxygen atoms in total. The van der Waals surface area contributed by atoms with E-state index in [1.165, 1.54) is 24.3 Å². The second-order valence-electron chi connectivity index (χ2n) is 4.65. The van der Waals surface area contributed by atoms with Gasteiger partial charge in [-0.05, 0) is 31.5 Å². The highest BCUT2D eigenvalue weighted by atomic mass is 19.3. The molecule has 0 saturated carbocycles. The summed E-state index contributed by atoms with van der Waals surface area (Å²) in [7, 11) is 0. The van der Waals surface area contributed by atoms with Crippen LogP contribution in [0.1, 0.15) is 25.5 Å². The summed E-state index contributed by atoms with van der Waals surface area (Å²) in [5, 5.41) is 12.0. The standard InChI is InChI=1S/C13H16F3NO3/c1-13(2,16)11(19)17-7-10(18)8-3-5-9(6-4-8)20-12(14)15/h3-6,10,12,18H,7H2,1-2H3,(H,17,19). The molecule has 1 rings (SSSR count). The van der Waals surface area contributed by atoms with Crippen LogP contribution in [0.4, 0.5) is 13.2 Å². The lowest BCUT2D eigenvalue weighted by Gasteiger charge is -2.17. The number of aliphatic hydroxyl groups excluding tert-OH is 1. The van der Waals surface area contributed by atoms with Crippen molar-refractivity contribution in [2.45, 2.75) is 32.2 Å². The van der Waals surface area contributed by atoms with Gasteiger partial charge in [0, 0.05) is 6.54 Å². The third kappa shape index (κ3) is 5.08. The van der Waals surface area contributed by atoms with E-state index in [1.807, 2.05) is 0 Å². The number of aliphatic hydroxyl groups is 1. The van der Waals surface area contributed by atoms with Crippen LogP contribution in [0.3, 0.4) is 0 Å². The van der Waals surface area contributed by atoms with E-state index in [0.29, 0.717) is 5.56 Å². The number of carbonyl (C=O) groups excluding carboxylic acids is 1. The Balaban J connectivity index is 2.55. The second kappa shape index (κ2) is 6.60. The lowest BCUT2D eigenvalue weighted by Crippen LogP contribution is -2.40. The summed E-state index contributed by atoms with van der Waals surface area (Å²) in [6.45, 7) is -0.894. The number of hydrogen-bond donors (Lipinski definition) is 2. The summed E-state index contributed by atoms with van der Waals surface area (Å²) in [6, 6.07) is 5.31. The van der Waals surface area contributed by atoms with E-state index in [0.717, 1.165) is 13.8 Å². The number of alkyl halides is 3. The SMILES string of the molecule is CC(C)(F)C(=O)NCC(O)c1ccc(OC(F)F)cc1. The summed E-state index contributed by atoms with van der Waals surface area (Å²) in [5.74, 6) is -0.876. The number of hydrogen-bond acceptors (Lipinski definition) is 3. The lowest BCUT2D eigenvalue weighted by molar-refractivity contribution is -0.131. The maximum absolute atomic E-state index is 13.2. The Morgan fingerprint density at radius 2 is 1.90 bits per heavy atom. The molecule has 1 unspecified atom stereocenters. The first-order valence-corrected chi connectivity index (χ1v) is 5.90. The molecule has 1 aromatic carbocycles. The van der Waals surface area contributed by atoms with Gasteiger partial charge in [0.2, 0.25) is 0 Å². The summed E-state index contributed by atoms with van der Waals surface area (Å²) in [6.07, 6.45) is -1.07. The van der Waals surface area contributed by atoms with Gasteiger partial charge >= 0.3 is 6.61 Å². The van der Waals surface area contributed by atoms with E-state index in [2.05, 4.69) is 10.1 Å². The molecule has 0 aliphatic carbocycles. The Labute approximate surface area is 114 Å². The molecule has 0 aliphatic heterocycles. The van der Waals surface area contributed by atoms with Crippen molar-refractivity contribution in [3.63, 3.8) is 0 Å². The molecule has 7 heteroatoms. The fraction of sp³-hybridized carbons (Fsp3) is 0.462. The molecule has 0 spiro atoms. The number of rotatable bonds is 6. The van der Waals surface area contributed by atoms with Gasteiger partial charge in [-0.25, -0.2) is 4.39 Å². The van der Waals surface area contributed by atoms with E-state index < -0.39 is 24.3 Å². The molecule has 0 bridgehead atoms. The van der Waals surface area contributed by atoms with Gasteiger partial charge in [0.1, 0.15) is 5.75 Å². The molecule has 20 heavy (non-hydrogen) atoms. The largest absolute Gasteiger partial charge is 0.435 e. The van der Waals surface area contributed by atoms with Crippen LogP contribution < -0.4 is 10.1 Å². The highest BCUT2D eigenvalue weighted by Gasteiger charge is 2.26. The number of ether oxygens (including phenoxy) is 1. The van der Waals surface area contributed by atoms with Gasteiger partial charge in [0.25, 0.3) is 5.91 Å². The summed E-state index contributed by atoms with van der Waals surface area (Å²) in [4.78, 5) is 11.3. The van der Waals surface area contributed by atoms with Crippen molar-refractivity contribution in [2.24, 2.45) is 0 Å². The number of benzene rings is 1. The van der Waals surface area contributed by atoms with Gasteiger partial charge in [0.05, 0.1) is 6.10 Å². The van der Waals surface area contributed by atoms with Gasteiger partial charge in [-0.1, -0.05) is 12.1 Å². The number of carbonyl (C=O) groups is 1. The van der Waals surface area contributed by atoms with Crippen molar-refractivity contribution >= 4 is 5.91 Å². The normalized spacial score (nSPS) is 13.2. The number of nitrogens with one attached hydrogen (secondary N) is 1. The van der Waals surface area contributed by atoms with Crippen LogP contribution in [-0.4, -0.2) is 29.8 Å². The average Bonchev–Trinajstić information content (AvgIpc) is 2.34. The third-order valence-electron chi connectivity index (χ3n) is 2.49. The molecular formula is C13H16F3NO3. The first-order valence-electron chi connectivity index (χ1n) is 5.90. The fourth-order valence-corrected chi connectivity index (χ4v) is 1.39.